The molecule has 31 heavy (non-hydrogen) atoms. The highest BCUT2D eigenvalue weighted by molar-refractivity contribution is 6.05. The van der Waals surface area contributed by atoms with E-state index in [0.717, 1.165) is 31.5 Å². The molecule has 2 N–H and O–H groups in total. The molecule has 3 rings (SSSR count). The molecule has 1 heterocycles. The summed E-state index contributed by atoms with van der Waals surface area (Å²) in [6, 6.07) is 12.4. The lowest BCUT2D eigenvalue weighted by molar-refractivity contribution is -0.111. The number of ether oxygens (including phenoxy) is 2. The zero-order valence-corrected chi connectivity index (χ0v) is 17.6. The molecule has 0 aromatic heterocycles. The summed E-state index contributed by atoms with van der Waals surface area (Å²) in [5, 5.41) is 5.70. The summed E-state index contributed by atoms with van der Waals surface area (Å²) < 4.78 is 10.9. The van der Waals surface area contributed by atoms with E-state index in [2.05, 4.69) is 17.2 Å². The minimum absolute atomic E-state index is 0.152. The van der Waals surface area contributed by atoms with E-state index >= 15 is 0 Å². The fourth-order valence-corrected chi connectivity index (χ4v) is 3.22. The van der Waals surface area contributed by atoms with E-state index in [0.29, 0.717) is 29.5 Å². The lowest BCUT2D eigenvalue weighted by atomic mass is 10.2. The van der Waals surface area contributed by atoms with Crippen LogP contribution in [0.25, 0.3) is 6.08 Å². The van der Waals surface area contributed by atoms with Gasteiger partial charge in [0.25, 0.3) is 0 Å². The Hall–Kier alpha value is -3.74. The van der Waals surface area contributed by atoms with Gasteiger partial charge in [-0.1, -0.05) is 30.9 Å². The third-order valence-electron chi connectivity index (χ3n) is 4.79. The van der Waals surface area contributed by atoms with Crippen molar-refractivity contribution < 1.29 is 19.1 Å². The number of rotatable bonds is 8. The van der Waals surface area contributed by atoms with Gasteiger partial charge in [0.1, 0.15) is 6.61 Å². The second-order valence-electron chi connectivity index (χ2n) is 7.00. The fraction of sp³-hybridized carbons (Fsp3) is 0.250. The predicted octanol–water partition coefficient (Wildman–Crippen LogP) is 4.54. The van der Waals surface area contributed by atoms with Crippen LogP contribution < -0.4 is 20.1 Å². The quantitative estimate of drug-likeness (QED) is 0.484. The van der Waals surface area contributed by atoms with Crippen LogP contribution in [0.3, 0.4) is 0 Å². The van der Waals surface area contributed by atoms with Crippen molar-refractivity contribution in [2.24, 2.45) is 0 Å². The molecule has 3 amide bonds. The maximum absolute atomic E-state index is 12.5. The van der Waals surface area contributed by atoms with E-state index < -0.39 is 0 Å². The Morgan fingerprint density at radius 2 is 1.77 bits per heavy atom. The number of carbonyl (C=O) groups is 2. The molecule has 1 aliphatic heterocycles. The van der Waals surface area contributed by atoms with E-state index in [-0.39, 0.29) is 11.9 Å². The zero-order chi connectivity index (χ0) is 22.1. The third kappa shape index (κ3) is 6.12. The average Bonchev–Trinajstić information content (AvgIpc) is 3.33. The van der Waals surface area contributed by atoms with Crippen molar-refractivity contribution in [2.45, 2.75) is 12.8 Å². The monoisotopic (exact) mass is 421 g/mol. The molecule has 0 unspecified atom stereocenters. The molecule has 0 atom stereocenters. The van der Waals surface area contributed by atoms with E-state index in [9.17, 15) is 9.59 Å². The summed E-state index contributed by atoms with van der Waals surface area (Å²) in [7, 11) is 1.56. The van der Waals surface area contributed by atoms with Crippen molar-refractivity contribution in [1.82, 2.24) is 4.90 Å². The number of nitrogens with one attached hydrogen (secondary N) is 2. The number of carbonyl (C=O) groups excluding carboxylic acids is 2. The molecule has 0 spiro atoms. The number of methoxy groups -OCH3 is 1. The normalized spacial score (nSPS) is 13.1. The number of urea groups is 1. The highest BCUT2D eigenvalue weighted by atomic mass is 16.5. The lowest BCUT2D eigenvalue weighted by Gasteiger charge is -2.18. The Labute approximate surface area is 182 Å². The first kappa shape index (κ1) is 22.0. The van der Waals surface area contributed by atoms with Gasteiger partial charge in [-0.2, -0.15) is 0 Å². The van der Waals surface area contributed by atoms with E-state index in [1.807, 2.05) is 12.1 Å². The van der Waals surface area contributed by atoms with Gasteiger partial charge in [-0.15, -0.1) is 0 Å². The van der Waals surface area contributed by atoms with Crippen LogP contribution in [0.5, 0.6) is 11.5 Å². The maximum Gasteiger partial charge on any atom is 0.321 e. The molecular formula is C24H27N3O4. The van der Waals surface area contributed by atoms with E-state index in [1.54, 1.807) is 54.5 Å². The van der Waals surface area contributed by atoms with Gasteiger partial charge in [0, 0.05) is 19.2 Å². The molecule has 1 saturated heterocycles. The molecule has 7 nitrogen and oxygen atoms in total. The summed E-state index contributed by atoms with van der Waals surface area (Å²) in [4.78, 5) is 26.6. The van der Waals surface area contributed by atoms with Crippen LogP contribution in [0, 0.1) is 0 Å². The number of likely N-dealkylation sites (tertiary alicyclic amines) is 1. The first-order valence-corrected chi connectivity index (χ1v) is 10.2. The Morgan fingerprint density at radius 1 is 1.06 bits per heavy atom. The smallest absolute Gasteiger partial charge is 0.321 e. The van der Waals surface area contributed by atoms with Crippen molar-refractivity contribution in [1.29, 1.82) is 0 Å². The van der Waals surface area contributed by atoms with Gasteiger partial charge in [0.2, 0.25) is 5.91 Å². The number of nitrogens with zero attached hydrogens (tertiary/aromatic N) is 1. The van der Waals surface area contributed by atoms with Crippen LogP contribution in [-0.2, 0) is 4.79 Å². The van der Waals surface area contributed by atoms with Gasteiger partial charge < -0.3 is 25.0 Å². The van der Waals surface area contributed by atoms with Crippen molar-refractivity contribution in [3.05, 3.63) is 66.8 Å². The lowest BCUT2D eigenvalue weighted by Crippen LogP contribution is -2.32. The Balaban J connectivity index is 1.65. The standard InChI is InChI=1S/C24H27N3O4/c1-3-16-31-21-12-10-18(17-22(21)30-2)11-13-23(28)25-19-8-4-5-9-20(19)26-24(29)27-14-6-7-15-27/h3-5,8-13,17H,1,6-7,14-16H2,2H3,(H,25,28)(H,26,29). The summed E-state index contributed by atoms with van der Waals surface area (Å²) >= 11 is 0. The van der Waals surface area contributed by atoms with Gasteiger partial charge in [-0.05, 0) is 48.7 Å². The van der Waals surface area contributed by atoms with Crippen LogP contribution in [0.1, 0.15) is 18.4 Å². The van der Waals surface area contributed by atoms with Gasteiger partial charge >= 0.3 is 6.03 Å². The molecule has 0 aliphatic carbocycles. The first-order chi connectivity index (χ1) is 15.1. The number of hydrogen-bond acceptors (Lipinski definition) is 4. The molecule has 0 saturated carbocycles. The molecule has 1 fully saturated rings. The molecule has 2 aromatic carbocycles. The second-order valence-corrected chi connectivity index (χ2v) is 7.00. The number of benzene rings is 2. The van der Waals surface area contributed by atoms with Crippen molar-refractivity contribution in [3.63, 3.8) is 0 Å². The molecule has 7 heteroatoms. The van der Waals surface area contributed by atoms with Crippen LogP contribution >= 0.6 is 0 Å². The summed E-state index contributed by atoms with van der Waals surface area (Å²) in [5.74, 6) is 0.861. The summed E-state index contributed by atoms with van der Waals surface area (Å²) in [6.45, 7) is 5.51. The largest absolute Gasteiger partial charge is 0.493 e. The number of para-hydroxylation sites is 2. The van der Waals surface area contributed by atoms with Crippen molar-refractivity contribution >= 4 is 29.4 Å². The minimum atomic E-state index is -0.311. The minimum Gasteiger partial charge on any atom is -0.493 e. The Morgan fingerprint density at radius 3 is 2.45 bits per heavy atom. The van der Waals surface area contributed by atoms with Gasteiger partial charge in [-0.3, -0.25) is 4.79 Å². The van der Waals surface area contributed by atoms with Crippen LogP contribution in [0.15, 0.2) is 61.2 Å². The number of anilines is 2. The highest BCUT2D eigenvalue weighted by Gasteiger charge is 2.18. The number of hydrogen-bond donors (Lipinski definition) is 2. The van der Waals surface area contributed by atoms with Crippen LogP contribution in [0.2, 0.25) is 0 Å². The molecule has 0 radical (unpaired) electrons. The average molecular weight is 421 g/mol. The zero-order valence-electron chi connectivity index (χ0n) is 17.6. The van der Waals surface area contributed by atoms with E-state index in [4.69, 9.17) is 9.47 Å². The highest BCUT2D eigenvalue weighted by Crippen LogP contribution is 2.28. The van der Waals surface area contributed by atoms with Gasteiger partial charge in [-0.25, -0.2) is 4.79 Å². The molecule has 162 valence electrons. The molecule has 1 aliphatic rings. The van der Waals surface area contributed by atoms with E-state index in [1.165, 1.54) is 6.08 Å². The molecule has 2 aromatic rings. The second kappa shape index (κ2) is 10.9. The van der Waals surface area contributed by atoms with Crippen LogP contribution in [0.4, 0.5) is 16.2 Å². The number of amides is 3. The Bertz CT molecular complexity index is 965. The fourth-order valence-electron chi connectivity index (χ4n) is 3.22. The SMILES string of the molecule is C=CCOc1ccc(C=CC(=O)Nc2ccccc2NC(=O)N2CCCC2)cc1OC. The third-order valence-corrected chi connectivity index (χ3v) is 4.79. The van der Waals surface area contributed by atoms with Crippen LogP contribution in [-0.4, -0.2) is 43.6 Å². The maximum atomic E-state index is 12.5. The summed E-state index contributed by atoms with van der Waals surface area (Å²) in [5.41, 5.74) is 1.88. The molecule has 0 bridgehead atoms. The summed E-state index contributed by atoms with van der Waals surface area (Å²) in [6.07, 6.45) is 6.80. The topological polar surface area (TPSA) is 79.9 Å². The van der Waals surface area contributed by atoms with Crippen molar-refractivity contribution in [3.8, 4) is 11.5 Å². The molecular weight excluding hydrogens is 394 g/mol. The predicted molar refractivity (Wildman–Crippen MR) is 123 cm³/mol. The van der Waals surface area contributed by atoms with Gasteiger partial charge in [0.15, 0.2) is 11.5 Å². The van der Waals surface area contributed by atoms with Crippen molar-refractivity contribution in [2.75, 3.05) is 37.4 Å². The van der Waals surface area contributed by atoms with Gasteiger partial charge in [0.05, 0.1) is 18.5 Å². The first-order valence-electron chi connectivity index (χ1n) is 10.2. The Kier molecular flexibility index (Phi) is 7.70.